The Hall–Kier alpha value is -1.65. The Morgan fingerprint density at radius 3 is 1.40 bits per heavy atom. The zero-order valence-electron chi connectivity index (χ0n) is 5.45. The predicted octanol–water partition coefficient (Wildman–Crippen LogP) is -0.790. The lowest BCUT2D eigenvalue weighted by molar-refractivity contribution is -0.104. The minimum atomic E-state index is -0.833. The van der Waals surface area contributed by atoms with Gasteiger partial charge in [0.15, 0.2) is 0 Å². The molecule has 0 unspecified atom stereocenters. The van der Waals surface area contributed by atoms with Crippen LogP contribution < -0.4 is 11.5 Å². The number of nitrogens with two attached hydrogens (primary N) is 2. The standard InChI is InChI=1S/C3H4O.CH4N2O.CH2O/c1-2-3-4;2-1(3)4;1-2/h2-3H,1H2;(H4,2,3,4);1H2. The van der Waals surface area contributed by atoms with Crippen LogP contribution in [-0.4, -0.2) is 19.1 Å². The van der Waals surface area contributed by atoms with Crippen LogP contribution in [-0.2, 0) is 9.59 Å². The van der Waals surface area contributed by atoms with E-state index >= 15 is 0 Å². The highest BCUT2D eigenvalue weighted by atomic mass is 16.2. The maximum atomic E-state index is 9.06. The summed E-state index contributed by atoms with van der Waals surface area (Å²) < 4.78 is 0. The third-order valence-corrected chi connectivity index (χ3v) is 0.0962. The number of primary amides is 2. The van der Waals surface area contributed by atoms with Crippen molar-refractivity contribution in [2.24, 2.45) is 11.5 Å². The van der Waals surface area contributed by atoms with Crippen molar-refractivity contribution in [2.45, 2.75) is 0 Å². The Morgan fingerprint density at radius 2 is 1.40 bits per heavy atom. The molecule has 0 aliphatic heterocycles. The van der Waals surface area contributed by atoms with Crippen LogP contribution in [0.2, 0.25) is 0 Å². The van der Waals surface area contributed by atoms with E-state index in [-0.39, 0.29) is 0 Å². The molecule has 0 radical (unpaired) electrons. The van der Waals surface area contributed by atoms with Crippen molar-refractivity contribution in [1.29, 1.82) is 0 Å². The van der Waals surface area contributed by atoms with Gasteiger partial charge >= 0.3 is 6.03 Å². The van der Waals surface area contributed by atoms with Gasteiger partial charge in [0, 0.05) is 0 Å². The Bertz CT molecular complexity index is 93.1. The molecule has 10 heavy (non-hydrogen) atoms. The maximum Gasteiger partial charge on any atom is 0.309 e. The van der Waals surface area contributed by atoms with Crippen LogP contribution >= 0.6 is 0 Å². The van der Waals surface area contributed by atoms with Gasteiger partial charge in [-0.25, -0.2) is 4.79 Å². The van der Waals surface area contributed by atoms with Crippen LogP contribution in [0.1, 0.15) is 0 Å². The van der Waals surface area contributed by atoms with Crippen LogP contribution in [0.25, 0.3) is 0 Å². The molecule has 0 saturated heterocycles. The van der Waals surface area contributed by atoms with E-state index in [1.165, 1.54) is 6.08 Å². The second kappa shape index (κ2) is 26.4. The number of rotatable bonds is 1. The average molecular weight is 146 g/mol. The molecule has 0 saturated carbocycles. The van der Waals surface area contributed by atoms with Crippen LogP contribution in [0.3, 0.4) is 0 Å². The van der Waals surface area contributed by atoms with Gasteiger partial charge in [-0.1, -0.05) is 6.58 Å². The van der Waals surface area contributed by atoms with Gasteiger partial charge in [0.25, 0.3) is 0 Å². The summed E-state index contributed by atoms with van der Waals surface area (Å²) in [5.74, 6) is 0. The summed E-state index contributed by atoms with van der Waals surface area (Å²) in [5, 5.41) is 0. The number of hydrogen-bond donors (Lipinski definition) is 2. The Morgan fingerprint density at radius 1 is 1.30 bits per heavy atom. The third-order valence-electron chi connectivity index (χ3n) is 0.0962. The molecule has 0 aliphatic carbocycles. The molecule has 0 aromatic carbocycles. The van der Waals surface area contributed by atoms with E-state index in [2.05, 4.69) is 18.0 Å². The fourth-order valence-corrected chi connectivity index (χ4v) is 0. The molecule has 5 nitrogen and oxygen atoms in total. The van der Waals surface area contributed by atoms with Gasteiger partial charge in [0.2, 0.25) is 0 Å². The summed E-state index contributed by atoms with van der Waals surface area (Å²) in [6.07, 6.45) is 1.83. The van der Waals surface area contributed by atoms with Crippen molar-refractivity contribution in [1.82, 2.24) is 0 Å². The molecule has 5 heteroatoms. The molecule has 0 fully saturated rings. The smallest absolute Gasteiger partial charge is 0.309 e. The predicted molar refractivity (Wildman–Crippen MR) is 37.2 cm³/mol. The summed E-state index contributed by atoms with van der Waals surface area (Å²) in [7, 11) is 0. The van der Waals surface area contributed by atoms with Crippen molar-refractivity contribution < 1.29 is 14.4 Å². The molecular weight excluding hydrogens is 136 g/mol. The van der Waals surface area contributed by atoms with Gasteiger partial charge in [-0.05, 0) is 6.08 Å². The van der Waals surface area contributed by atoms with E-state index in [4.69, 9.17) is 14.4 Å². The minimum absolute atomic E-state index is 0.639. The molecule has 0 aromatic heterocycles. The highest BCUT2D eigenvalue weighted by Gasteiger charge is 1.60. The van der Waals surface area contributed by atoms with Crippen LogP contribution in [0.5, 0.6) is 0 Å². The highest BCUT2D eigenvalue weighted by Crippen LogP contribution is 1.35. The fourth-order valence-electron chi connectivity index (χ4n) is 0. The first kappa shape index (κ1) is 15.8. The largest absolute Gasteiger partial charge is 0.352 e. The number of carbonyl (C=O) groups is 3. The molecule has 0 bridgehead atoms. The molecule has 0 aromatic rings. The van der Waals surface area contributed by atoms with Crippen molar-refractivity contribution in [2.75, 3.05) is 0 Å². The van der Waals surface area contributed by atoms with Gasteiger partial charge < -0.3 is 16.3 Å². The van der Waals surface area contributed by atoms with Crippen molar-refractivity contribution >= 4 is 19.1 Å². The number of urea groups is 1. The van der Waals surface area contributed by atoms with Crippen LogP contribution in [0.15, 0.2) is 12.7 Å². The number of allylic oxidation sites excluding steroid dienone is 1. The maximum absolute atomic E-state index is 9.06. The van der Waals surface area contributed by atoms with Gasteiger partial charge in [0.05, 0.1) is 0 Å². The lowest BCUT2D eigenvalue weighted by atomic mass is 10.8. The quantitative estimate of drug-likeness (QED) is 0.374. The molecule has 0 spiro atoms. The van der Waals surface area contributed by atoms with Gasteiger partial charge in [-0.15, -0.1) is 0 Å². The summed E-state index contributed by atoms with van der Waals surface area (Å²) in [4.78, 5) is 26.1. The van der Waals surface area contributed by atoms with E-state index in [1.807, 2.05) is 6.79 Å². The van der Waals surface area contributed by atoms with Gasteiger partial charge in [-0.3, -0.25) is 4.79 Å². The molecule has 0 heterocycles. The zero-order valence-corrected chi connectivity index (χ0v) is 5.45. The molecule has 0 aliphatic rings. The fraction of sp³-hybridized carbons (Fsp3) is 0. The van der Waals surface area contributed by atoms with Crippen LogP contribution in [0.4, 0.5) is 4.79 Å². The first-order valence-corrected chi connectivity index (χ1v) is 2.05. The Labute approximate surface area is 58.7 Å². The molecule has 2 amide bonds. The Kier molecular flexibility index (Phi) is 41.6. The third kappa shape index (κ3) is 430. The van der Waals surface area contributed by atoms with E-state index < -0.39 is 6.03 Å². The lowest BCUT2D eigenvalue weighted by Crippen LogP contribution is -2.18. The van der Waals surface area contributed by atoms with Crippen molar-refractivity contribution in [3.8, 4) is 0 Å². The summed E-state index contributed by atoms with van der Waals surface area (Å²) in [6, 6.07) is -0.833. The second-order valence-corrected chi connectivity index (χ2v) is 0.774. The summed E-state index contributed by atoms with van der Waals surface area (Å²) >= 11 is 0. The first-order valence-electron chi connectivity index (χ1n) is 2.05. The number of hydrogen-bond acceptors (Lipinski definition) is 3. The second-order valence-electron chi connectivity index (χ2n) is 0.774. The van der Waals surface area contributed by atoms with Crippen molar-refractivity contribution in [3.05, 3.63) is 12.7 Å². The number of amides is 2. The SMILES string of the molecule is C=CC=O.C=O.NC(N)=O. The normalized spacial score (nSPS) is 4.80. The van der Waals surface area contributed by atoms with E-state index in [1.54, 1.807) is 0 Å². The summed E-state index contributed by atoms with van der Waals surface area (Å²) in [5.41, 5.74) is 8.50. The number of carbonyl (C=O) groups excluding carboxylic acids is 3. The lowest BCUT2D eigenvalue weighted by Gasteiger charge is -1.62. The van der Waals surface area contributed by atoms with E-state index in [0.717, 1.165) is 0 Å². The Balaban J connectivity index is -0.0000000787. The molecule has 0 rings (SSSR count). The molecule has 4 N–H and O–H groups in total. The van der Waals surface area contributed by atoms with E-state index in [9.17, 15) is 0 Å². The highest BCUT2D eigenvalue weighted by molar-refractivity contribution is 5.69. The molecule has 0 atom stereocenters. The monoisotopic (exact) mass is 146 g/mol. The molecule has 58 valence electrons. The first-order chi connectivity index (χ1) is 4.65. The molecular formula is C5H10N2O3. The topological polar surface area (TPSA) is 103 Å². The van der Waals surface area contributed by atoms with E-state index in [0.29, 0.717) is 6.29 Å². The van der Waals surface area contributed by atoms with Crippen molar-refractivity contribution in [3.63, 3.8) is 0 Å². The zero-order chi connectivity index (χ0) is 8.99. The van der Waals surface area contributed by atoms with Gasteiger partial charge in [-0.2, -0.15) is 0 Å². The average Bonchev–Trinajstić information content (AvgIpc) is 1.91. The number of aldehydes is 1. The minimum Gasteiger partial charge on any atom is -0.352 e. The van der Waals surface area contributed by atoms with Gasteiger partial charge in [0.1, 0.15) is 13.1 Å². The van der Waals surface area contributed by atoms with Crippen LogP contribution in [0, 0.1) is 0 Å². The summed E-state index contributed by atoms with van der Waals surface area (Å²) in [6.45, 7) is 5.11.